The molecule has 224 valence electrons. The number of likely N-dealkylation sites (N-methyl/N-ethyl adjacent to an activating group) is 1. The molecule has 0 aliphatic carbocycles. The number of carbonyl (C=O) groups excluding carboxylic acids is 2. The molecule has 0 aliphatic rings. The van der Waals surface area contributed by atoms with E-state index < -0.39 is 32.5 Å². The van der Waals surface area contributed by atoms with E-state index in [2.05, 4.69) is 19.1 Å². The highest BCUT2D eigenvalue weighted by Crippen LogP contribution is 2.43. The third-order valence-electron chi connectivity index (χ3n) is 5.80. The van der Waals surface area contributed by atoms with E-state index in [0.29, 0.717) is 23.9 Å². The monoisotopic (exact) mass is 564 g/mol. The van der Waals surface area contributed by atoms with E-state index >= 15 is 0 Å². The second kappa shape index (κ2) is 22.6. The van der Waals surface area contributed by atoms with Gasteiger partial charge in [0.25, 0.3) is 0 Å². The minimum atomic E-state index is -4.34. The third-order valence-corrected chi connectivity index (χ3v) is 6.78. The predicted octanol–water partition coefficient (Wildman–Crippen LogP) is 6.34. The molecule has 0 aromatic rings. The summed E-state index contributed by atoms with van der Waals surface area (Å²) in [4.78, 5) is 34.2. The molecule has 0 bridgehead atoms. The zero-order valence-electron chi connectivity index (χ0n) is 24.7. The Labute approximate surface area is 231 Å². The highest BCUT2D eigenvalue weighted by Gasteiger charge is 2.27. The van der Waals surface area contributed by atoms with Crippen LogP contribution in [0.5, 0.6) is 0 Å². The molecule has 10 heteroatoms. The van der Waals surface area contributed by atoms with Crippen LogP contribution >= 0.6 is 7.82 Å². The second-order valence-electron chi connectivity index (χ2n) is 10.8. The van der Waals surface area contributed by atoms with Crippen LogP contribution in [0.3, 0.4) is 0 Å². The van der Waals surface area contributed by atoms with E-state index in [9.17, 15) is 19.0 Å². The van der Waals surface area contributed by atoms with Gasteiger partial charge in [0.15, 0.2) is 6.10 Å². The maximum absolute atomic E-state index is 12.4. The largest absolute Gasteiger partial charge is 0.472 e. The first-order chi connectivity index (χ1) is 18.0. The van der Waals surface area contributed by atoms with E-state index in [1.54, 1.807) is 0 Å². The Morgan fingerprint density at radius 1 is 0.789 bits per heavy atom. The van der Waals surface area contributed by atoms with Crippen LogP contribution in [0.4, 0.5) is 0 Å². The Morgan fingerprint density at radius 2 is 1.37 bits per heavy atom. The summed E-state index contributed by atoms with van der Waals surface area (Å²) < 4.78 is 33.5. The molecule has 9 nitrogen and oxygen atoms in total. The number of phosphoric acid groups is 1. The number of hydrogen-bond donors (Lipinski definition) is 1. The number of nitrogens with zero attached hydrogens (tertiary/aromatic N) is 1. The van der Waals surface area contributed by atoms with Crippen molar-refractivity contribution in [1.82, 2.24) is 0 Å². The van der Waals surface area contributed by atoms with Gasteiger partial charge in [0.05, 0.1) is 27.7 Å². The maximum Gasteiger partial charge on any atom is 0.472 e. The Balaban J connectivity index is 4.40. The zero-order chi connectivity index (χ0) is 28.7. The summed E-state index contributed by atoms with van der Waals surface area (Å²) >= 11 is 0. The number of phosphoric ester groups is 1. The molecule has 0 rings (SSSR count). The fourth-order valence-electron chi connectivity index (χ4n) is 3.39. The van der Waals surface area contributed by atoms with Crippen molar-refractivity contribution in [3.8, 4) is 0 Å². The van der Waals surface area contributed by atoms with E-state index in [0.717, 1.165) is 38.5 Å². The summed E-state index contributed by atoms with van der Waals surface area (Å²) in [5, 5.41) is 0. The fraction of sp³-hybridized carbons (Fsp3) is 0.857. The molecule has 0 spiro atoms. The number of hydrogen-bond acceptors (Lipinski definition) is 7. The summed E-state index contributed by atoms with van der Waals surface area (Å²) in [6.07, 6.45) is 16.6. The van der Waals surface area contributed by atoms with Crippen LogP contribution in [0, 0.1) is 0 Å². The summed E-state index contributed by atoms with van der Waals surface area (Å²) in [5.74, 6) is -0.855. The average molecular weight is 565 g/mol. The molecule has 38 heavy (non-hydrogen) atoms. The quantitative estimate of drug-likeness (QED) is 0.0450. The van der Waals surface area contributed by atoms with Gasteiger partial charge in [-0.3, -0.25) is 18.6 Å². The molecule has 0 aromatic heterocycles. The molecule has 0 saturated heterocycles. The molecule has 0 amide bonds. The predicted molar refractivity (Wildman–Crippen MR) is 151 cm³/mol. The Kier molecular flexibility index (Phi) is 21.8. The summed E-state index contributed by atoms with van der Waals surface area (Å²) in [7, 11) is 1.46. The fourth-order valence-corrected chi connectivity index (χ4v) is 4.14. The van der Waals surface area contributed by atoms with Crippen LogP contribution in [0.2, 0.25) is 0 Å². The van der Waals surface area contributed by atoms with Gasteiger partial charge in [-0.1, -0.05) is 64.5 Å². The maximum atomic E-state index is 12.4. The first-order valence-electron chi connectivity index (χ1n) is 14.4. The van der Waals surface area contributed by atoms with Gasteiger partial charge in [-0.2, -0.15) is 0 Å². The average Bonchev–Trinajstić information content (AvgIpc) is 2.84. The first-order valence-corrected chi connectivity index (χ1v) is 15.9. The van der Waals surface area contributed by atoms with Crippen molar-refractivity contribution in [3.63, 3.8) is 0 Å². The van der Waals surface area contributed by atoms with E-state index in [-0.39, 0.29) is 26.1 Å². The lowest BCUT2D eigenvalue weighted by Gasteiger charge is -2.24. The smallest absolute Gasteiger partial charge is 0.462 e. The molecule has 0 saturated carbocycles. The molecule has 0 aliphatic heterocycles. The van der Waals surface area contributed by atoms with Crippen LogP contribution in [0.25, 0.3) is 0 Å². The number of quaternary nitrogens is 1. The molecule has 0 fully saturated rings. The lowest BCUT2D eigenvalue weighted by molar-refractivity contribution is -0.870. The van der Waals surface area contributed by atoms with Crippen LogP contribution < -0.4 is 0 Å². The Hall–Kier alpha value is -1.25. The SMILES string of the molecule is CCCCC/C=C\CCCCCCCC(=O)OC(COC(=O)CCCC)COP(=O)(O)OCC[N+](C)(C)C. The molecular formula is C28H55NO8P+. The number of carbonyl (C=O) groups is 2. The van der Waals surface area contributed by atoms with E-state index in [1.165, 1.54) is 25.7 Å². The van der Waals surface area contributed by atoms with Crippen molar-refractivity contribution >= 4 is 19.8 Å². The molecule has 2 unspecified atom stereocenters. The number of allylic oxidation sites excluding steroid dienone is 2. The molecule has 0 heterocycles. The van der Waals surface area contributed by atoms with Crippen LogP contribution in [0.1, 0.15) is 104 Å². The normalized spacial score (nSPS) is 14.4. The highest BCUT2D eigenvalue weighted by molar-refractivity contribution is 7.47. The van der Waals surface area contributed by atoms with Crippen molar-refractivity contribution in [1.29, 1.82) is 0 Å². The van der Waals surface area contributed by atoms with E-state index in [4.69, 9.17) is 18.5 Å². The molecular weight excluding hydrogens is 509 g/mol. The summed E-state index contributed by atoms with van der Waals surface area (Å²) in [5.41, 5.74) is 0. The lowest BCUT2D eigenvalue weighted by atomic mass is 10.1. The standard InChI is InChI=1S/C28H54NO8P/c1-6-8-10-11-12-13-14-15-16-17-18-19-21-28(31)37-26(24-34-27(30)20-9-7-2)25-36-38(32,33)35-23-22-29(3,4)5/h12-13,26H,6-11,14-25H2,1-5H3/p+1/b13-12-. The summed E-state index contributed by atoms with van der Waals surface area (Å²) in [6.45, 7) is 4.08. The van der Waals surface area contributed by atoms with E-state index in [1.807, 2.05) is 28.1 Å². The number of ether oxygens (including phenoxy) is 2. The topological polar surface area (TPSA) is 108 Å². The van der Waals surface area contributed by atoms with Gasteiger partial charge in [-0.15, -0.1) is 0 Å². The van der Waals surface area contributed by atoms with Gasteiger partial charge >= 0.3 is 19.8 Å². The molecule has 2 atom stereocenters. The minimum Gasteiger partial charge on any atom is -0.462 e. The van der Waals surface area contributed by atoms with Crippen molar-refractivity contribution in [2.75, 3.05) is 47.5 Å². The Morgan fingerprint density at radius 3 is 2.00 bits per heavy atom. The van der Waals surface area contributed by atoms with Gasteiger partial charge in [0.1, 0.15) is 19.8 Å². The molecule has 1 N–H and O–H groups in total. The lowest BCUT2D eigenvalue weighted by Crippen LogP contribution is -2.37. The number of unbranched alkanes of at least 4 members (excludes halogenated alkanes) is 9. The summed E-state index contributed by atoms with van der Waals surface area (Å²) in [6, 6.07) is 0. The van der Waals surface area contributed by atoms with Crippen molar-refractivity contribution < 1.29 is 42.1 Å². The van der Waals surface area contributed by atoms with Crippen LogP contribution in [0.15, 0.2) is 12.2 Å². The zero-order valence-corrected chi connectivity index (χ0v) is 25.6. The van der Waals surface area contributed by atoms with Gasteiger partial charge in [-0.05, 0) is 38.5 Å². The Bertz CT molecular complexity index is 693. The molecule has 0 aromatic carbocycles. The van der Waals surface area contributed by atoms with Crippen molar-refractivity contribution in [3.05, 3.63) is 12.2 Å². The molecule has 0 radical (unpaired) electrons. The minimum absolute atomic E-state index is 0.0307. The number of rotatable bonds is 25. The van der Waals surface area contributed by atoms with Crippen LogP contribution in [-0.2, 0) is 32.7 Å². The van der Waals surface area contributed by atoms with Gasteiger partial charge in [0, 0.05) is 12.8 Å². The highest BCUT2D eigenvalue weighted by atomic mass is 31.2. The van der Waals surface area contributed by atoms with Crippen molar-refractivity contribution in [2.45, 2.75) is 110 Å². The number of esters is 2. The van der Waals surface area contributed by atoms with Crippen LogP contribution in [-0.4, -0.2) is 74.9 Å². The van der Waals surface area contributed by atoms with Gasteiger partial charge < -0.3 is 18.9 Å². The van der Waals surface area contributed by atoms with Gasteiger partial charge in [0.2, 0.25) is 0 Å². The second-order valence-corrected chi connectivity index (χ2v) is 12.2. The van der Waals surface area contributed by atoms with Gasteiger partial charge in [-0.25, -0.2) is 4.57 Å². The van der Waals surface area contributed by atoms with Crippen molar-refractivity contribution in [2.24, 2.45) is 0 Å². The first kappa shape index (κ1) is 36.8. The third kappa shape index (κ3) is 25.1.